The molecule has 0 atom stereocenters. The zero-order valence-electron chi connectivity index (χ0n) is 18.9. The summed E-state index contributed by atoms with van der Waals surface area (Å²) < 4.78 is 69.9. The number of carbonyl (C=O) groups excluding carboxylic acids is 3. The molecule has 14 heteroatoms. The van der Waals surface area contributed by atoms with Crippen LogP contribution in [0.2, 0.25) is 0 Å². The average Bonchev–Trinajstić information content (AvgIpc) is 2.81. The van der Waals surface area contributed by atoms with E-state index < -0.39 is 38.9 Å². The Bertz CT molecular complexity index is 1190. The number of nitrogens with zero attached hydrogens (tertiary/aromatic N) is 2. The van der Waals surface area contributed by atoms with Crippen LogP contribution in [0.5, 0.6) is 0 Å². The van der Waals surface area contributed by atoms with Gasteiger partial charge >= 0.3 is 23.1 Å². The van der Waals surface area contributed by atoms with Gasteiger partial charge in [0.15, 0.2) is 28.1 Å². The zero-order chi connectivity index (χ0) is 27.0. The van der Waals surface area contributed by atoms with Crippen LogP contribution in [0.4, 0.5) is 18.9 Å². The smallest absolute Gasteiger partial charge is 0.485 e. The van der Waals surface area contributed by atoms with Crippen molar-refractivity contribution in [2.45, 2.75) is 5.51 Å². The Hall–Kier alpha value is -3.78. The van der Waals surface area contributed by atoms with Crippen molar-refractivity contribution in [3.05, 3.63) is 66.0 Å². The van der Waals surface area contributed by atoms with E-state index >= 15 is 0 Å². The second-order valence-corrected chi connectivity index (χ2v) is 8.03. The van der Waals surface area contributed by atoms with Gasteiger partial charge in [-0.15, -0.1) is 0 Å². The molecule has 0 saturated carbocycles. The lowest BCUT2D eigenvalue weighted by Crippen LogP contribution is -2.40. The number of ether oxygens (including phenoxy) is 2. The third kappa shape index (κ3) is 7.89. The molecule has 190 valence electrons. The van der Waals surface area contributed by atoms with Crippen LogP contribution in [0.15, 0.2) is 60.4 Å². The molecule has 0 amide bonds. The van der Waals surface area contributed by atoms with Gasteiger partial charge in [-0.05, 0) is 0 Å². The Labute approximate surface area is 198 Å². The molecule has 0 fully saturated rings. The average molecular weight is 518 g/mol. The predicted octanol–water partition coefficient (Wildman–Crippen LogP) is 1.53. The van der Waals surface area contributed by atoms with Crippen LogP contribution in [-0.4, -0.2) is 64.5 Å². The van der Waals surface area contributed by atoms with E-state index in [2.05, 4.69) is 0 Å². The lowest BCUT2D eigenvalue weighted by Gasteiger charge is -2.11. The maximum atomic E-state index is 13.0. The van der Waals surface area contributed by atoms with E-state index in [0.717, 1.165) is 12.8 Å². The van der Waals surface area contributed by atoms with Gasteiger partial charge in [0.05, 0.1) is 14.2 Å². The predicted molar refractivity (Wildman–Crippen MR) is 115 cm³/mol. The highest BCUT2D eigenvalue weighted by Gasteiger charge is 2.37. The first kappa shape index (κ1) is 29.3. The molecule has 1 aromatic heterocycles. The first-order chi connectivity index (χ1) is 16.2. The number of benzene rings is 1. The Morgan fingerprint density at radius 1 is 0.914 bits per heavy atom. The molecule has 0 unspecified atom stereocenters. The van der Waals surface area contributed by atoms with Gasteiger partial charge in [-0.25, -0.2) is 18.0 Å². The number of pyridine rings is 1. The first-order valence-electron chi connectivity index (χ1n) is 9.37. The summed E-state index contributed by atoms with van der Waals surface area (Å²) in [6, 6.07) is 11.7. The Morgan fingerprint density at radius 3 is 1.74 bits per heavy atom. The van der Waals surface area contributed by atoms with Crippen molar-refractivity contribution >= 4 is 39.2 Å². The summed E-state index contributed by atoms with van der Waals surface area (Å²) in [5.41, 5.74) is -5.14. The number of hydrogen-bond acceptors (Lipinski definition) is 9. The van der Waals surface area contributed by atoms with Crippen LogP contribution in [0, 0.1) is 0 Å². The number of ketones is 1. The quantitative estimate of drug-likeness (QED) is 0.0816. The van der Waals surface area contributed by atoms with Crippen molar-refractivity contribution in [3.63, 3.8) is 0 Å². The minimum atomic E-state index is -6.09. The van der Waals surface area contributed by atoms with Crippen molar-refractivity contribution in [2.24, 2.45) is 0 Å². The SMILES string of the molecule is COC(=O)/C(C(=O)c1ccccc1)=C(\C(=O)OC)[n+]1ccc(N(C)C)cc1.O=S(=O)([O-])C(F)(F)F. The van der Waals surface area contributed by atoms with Crippen LogP contribution in [0.3, 0.4) is 0 Å². The third-order valence-corrected chi connectivity index (χ3v) is 4.70. The Balaban J connectivity index is 0.000000658. The Morgan fingerprint density at radius 2 is 1.37 bits per heavy atom. The molecular weight excluding hydrogens is 497 g/mol. The van der Waals surface area contributed by atoms with E-state index in [1.165, 1.54) is 11.7 Å². The highest BCUT2D eigenvalue weighted by atomic mass is 32.2. The summed E-state index contributed by atoms with van der Waals surface area (Å²) in [4.78, 5) is 39.7. The molecule has 1 heterocycles. The van der Waals surface area contributed by atoms with E-state index in [0.29, 0.717) is 0 Å². The number of carbonyl (C=O) groups is 3. The molecule has 1 aromatic carbocycles. The van der Waals surface area contributed by atoms with Crippen molar-refractivity contribution in [2.75, 3.05) is 33.2 Å². The molecule has 2 rings (SSSR count). The van der Waals surface area contributed by atoms with E-state index in [1.807, 2.05) is 19.0 Å². The molecule has 0 radical (unpaired) electrons. The molecule has 0 aliphatic rings. The number of alkyl halides is 3. The molecule has 0 N–H and O–H groups in total. The maximum absolute atomic E-state index is 13.0. The monoisotopic (exact) mass is 518 g/mol. The molecule has 35 heavy (non-hydrogen) atoms. The molecule has 2 aromatic rings. The minimum absolute atomic E-state index is 0.219. The number of esters is 2. The number of halogens is 3. The Kier molecular flexibility index (Phi) is 10.1. The van der Waals surface area contributed by atoms with E-state index in [-0.39, 0.29) is 11.3 Å². The molecule has 0 bridgehead atoms. The lowest BCUT2D eigenvalue weighted by molar-refractivity contribution is -0.578. The standard InChI is InChI=1S/C20H21N2O5.CHF3O3S/c1-21(2)15-10-12-22(13-11-15)17(20(25)27-4)16(19(24)26-3)18(23)14-8-6-5-7-9-14;2-1(3,4)8(5,6)7/h5-13H,1-4H3;(H,5,6,7)/q+1;/p-1/b17-16+;. The van der Waals surface area contributed by atoms with Gasteiger partial charge in [0.25, 0.3) is 0 Å². The summed E-state index contributed by atoms with van der Waals surface area (Å²) in [6.45, 7) is 0. The summed E-state index contributed by atoms with van der Waals surface area (Å²) in [7, 11) is -0.0215. The van der Waals surface area contributed by atoms with Gasteiger partial charge in [-0.1, -0.05) is 30.3 Å². The fourth-order valence-electron chi connectivity index (χ4n) is 2.43. The largest absolute Gasteiger partial charge is 0.741 e. The second-order valence-electron chi connectivity index (χ2n) is 6.66. The van der Waals surface area contributed by atoms with Gasteiger partial charge < -0.3 is 18.9 Å². The van der Waals surface area contributed by atoms with Crippen molar-refractivity contribution in [3.8, 4) is 0 Å². The summed E-state index contributed by atoms with van der Waals surface area (Å²) in [5, 5.41) is 0. The minimum Gasteiger partial charge on any atom is -0.741 e. The zero-order valence-corrected chi connectivity index (χ0v) is 19.7. The lowest BCUT2D eigenvalue weighted by atomic mass is 10.0. The third-order valence-electron chi connectivity index (χ3n) is 4.14. The van der Waals surface area contributed by atoms with E-state index in [4.69, 9.17) is 22.4 Å². The van der Waals surface area contributed by atoms with Crippen molar-refractivity contribution in [1.29, 1.82) is 0 Å². The number of Topliss-reactive ketones (excluding diaryl/α,β-unsaturated/α-hetero) is 1. The molecule has 0 spiro atoms. The van der Waals surface area contributed by atoms with Gasteiger partial charge in [0.1, 0.15) is 0 Å². The normalized spacial score (nSPS) is 11.9. The van der Waals surface area contributed by atoms with Crippen LogP contribution in [0.25, 0.3) is 5.70 Å². The highest BCUT2D eigenvalue weighted by Crippen LogP contribution is 2.20. The summed E-state index contributed by atoms with van der Waals surface area (Å²) in [6.07, 6.45) is 3.14. The molecule has 0 aliphatic carbocycles. The first-order valence-corrected chi connectivity index (χ1v) is 10.8. The van der Waals surface area contributed by atoms with Gasteiger partial charge in [-0.2, -0.15) is 17.7 Å². The fourth-order valence-corrected chi connectivity index (χ4v) is 2.43. The van der Waals surface area contributed by atoms with Gasteiger partial charge in [0.2, 0.25) is 5.78 Å². The second kappa shape index (κ2) is 12.1. The van der Waals surface area contributed by atoms with E-state index in [9.17, 15) is 27.6 Å². The van der Waals surface area contributed by atoms with Crippen LogP contribution < -0.4 is 9.47 Å². The number of rotatable bonds is 6. The van der Waals surface area contributed by atoms with Crippen LogP contribution >= 0.6 is 0 Å². The number of hydrogen-bond donors (Lipinski definition) is 0. The fraction of sp³-hybridized carbons (Fsp3) is 0.238. The van der Waals surface area contributed by atoms with Gasteiger partial charge in [0, 0.05) is 37.5 Å². The van der Waals surface area contributed by atoms with Crippen molar-refractivity contribution in [1.82, 2.24) is 0 Å². The number of methoxy groups -OCH3 is 2. The van der Waals surface area contributed by atoms with Gasteiger partial charge in [-0.3, -0.25) is 4.79 Å². The van der Waals surface area contributed by atoms with Crippen LogP contribution in [0.1, 0.15) is 10.4 Å². The highest BCUT2D eigenvalue weighted by molar-refractivity contribution is 7.86. The maximum Gasteiger partial charge on any atom is 0.485 e. The molecule has 10 nitrogen and oxygen atoms in total. The number of aromatic nitrogens is 1. The topological polar surface area (TPSA) is 134 Å². The summed E-state index contributed by atoms with van der Waals surface area (Å²) in [5.74, 6) is -2.39. The molecule has 0 aliphatic heterocycles. The van der Waals surface area contributed by atoms with Crippen molar-refractivity contribution < 1.29 is 54.6 Å². The van der Waals surface area contributed by atoms with E-state index in [1.54, 1.807) is 54.9 Å². The van der Waals surface area contributed by atoms with Crippen LogP contribution in [-0.2, 0) is 29.2 Å². The molecular formula is C21H21F3N2O8S. The summed E-state index contributed by atoms with van der Waals surface area (Å²) >= 11 is 0. The number of anilines is 1. The molecule has 0 saturated heterocycles.